The molecule has 0 aliphatic carbocycles. The average Bonchev–Trinajstić information content (AvgIpc) is 3.76. The third-order valence-corrected chi connectivity index (χ3v) is 10.1. The summed E-state index contributed by atoms with van der Waals surface area (Å²) in [6, 6.07) is 0. The Morgan fingerprint density at radius 3 is 1.68 bits per heavy atom. The normalized spacial score (nSPS) is 27.4. The molecular weight excluding hydrogens is 556 g/mol. The van der Waals surface area contributed by atoms with Crippen LogP contribution < -0.4 is 0 Å². The predicted molar refractivity (Wildman–Crippen MR) is 175 cm³/mol. The van der Waals surface area contributed by atoms with Crippen LogP contribution in [0.1, 0.15) is 168 Å². The van der Waals surface area contributed by atoms with Gasteiger partial charge in [-0.2, -0.15) is 0 Å². The summed E-state index contributed by atoms with van der Waals surface area (Å²) in [6.07, 6.45) is 25.7. The van der Waals surface area contributed by atoms with E-state index in [9.17, 15) is 20.1 Å². The van der Waals surface area contributed by atoms with Crippen LogP contribution in [0.4, 0.5) is 0 Å². The molecule has 0 spiro atoms. The van der Waals surface area contributed by atoms with Crippen LogP contribution in [0.2, 0.25) is 0 Å². The van der Waals surface area contributed by atoms with Gasteiger partial charge in [0, 0.05) is 5.57 Å². The van der Waals surface area contributed by atoms with Crippen molar-refractivity contribution in [3.63, 3.8) is 0 Å². The minimum atomic E-state index is -0.479. The SMILES string of the molecule is CCCCCC[C@@H](O)CCC[C@H](O)[C@@H]1CC[C@H]([C@@H]2CC[C@H]([C@H](O)CCCCCCCCCCCCC3=C[C@@H](C)OC3=O)O2)O1. The number of esters is 1. The molecule has 7 nitrogen and oxygen atoms in total. The number of ether oxygens (including phenoxy) is 3. The third kappa shape index (κ3) is 14.2. The van der Waals surface area contributed by atoms with Crippen LogP contribution >= 0.6 is 0 Å². The Bertz CT molecular complexity index is 801. The molecule has 2 fully saturated rings. The van der Waals surface area contributed by atoms with Gasteiger partial charge in [0.05, 0.1) is 42.7 Å². The first kappa shape index (κ1) is 37.5. The van der Waals surface area contributed by atoms with Crippen molar-refractivity contribution in [3.8, 4) is 0 Å². The molecule has 0 bridgehead atoms. The second-order valence-electron chi connectivity index (χ2n) is 14.0. The van der Waals surface area contributed by atoms with Crippen LogP contribution in [-0.4, -0.2) is 70.1 Å². The van der Waals surface area contributed by atoms with E-state index in [1.165, 1.54) is 64.2 Å². The van der Waals surface area contributed by atoms with Gasteiger partial charge in [0.2, 0.25) is 0 Å². The number of unbranched alkanes of at least 4 members (excludes halogenated alkanes) is 12. The highest BCUT2D eigenvalue weighted by Gasteiger charge is 2.40. The Balaban J connectivity index is 1.13. The third-order valence-electron chi connectivity index (χ3n) is 10.1. The molecular formula is C37H66O7. The van der Waals surface area contributed by atoms with E-state index in [4.69, 9.17) is 14.2 Å². The van der Waals surface area contributed by atoms with Gasteiger partial charge in [0.25, 0.3) is 0 Å². The highest BCUT2D eigenvalue weighted by molar-refractivity contribution is 5.90. The quantitative estimate of drug-likeness (QED) is 0.0703. The van der Waals surface area contributed by atoms with E-state index >= 15 is 0 Å². The van der Waals surface area contributed by atoms with Gasteiger partial charge in [-0.05, 0) is 83.6 Å². The topological polar surface area (TPSA) is 105 Å². The van der Waals surface area contributed by atoms with Crippen LogP contribution in [0.5, 0.6) is 0 Å². The van der Waals surface area contributed by atoms with Gasteiger partial charge in [-0.15, -0.1) is 0 Å². The van der Waals surface area contributed by atoms with E-state index in [0.717, 1.165) is 89.0 Å². The Morgan fingerprint density at radius 1 is 0.659 bits per heavy atom. The average molecular weight is 623 g/mol. The predicted octanol–water partition coefficient (Wildman–Crippen LogP) is 7.86. The first-order chi connectivity index (χ1) is 21.4. The van der Waals surface area contributed by atoms with E-state index in [2.05, 4.69) is 6.92 Å². The van der Waals surface area contributed by atoms with E-state index in [0.29, 0.717) is 6.42 Å². The summed E-state index contributed by atoms with van der Waals surface area (Å²) < 4.78 is 17.7. The Labute approximate surface area is 268 Å². The smallest absolute Gasteiger partial charge is 0.334 e. The van der Waals surface area contributed by atoms with Gasteiger partial charge in [-0.25, -0.2) is 4.79 Å². The van der Waals surface area contributed by atoms with Crippen LogP contribution in [0.15, 0.2) is 11.6 Å². The molecule has 0 unspecified atom stereocenters. The molecule has 8 atom stereocenters. The molecule has 7 heteroatoms. The lowest BCUT2D eigenvalue weighted by Gasteiger charge is -2.24. The molecule has 0 radical (unpaired) electrons. The number of hydrogen-bond acceptors (Lipinski definition) is 7. The van der Waals surface area contributed by atoms with E-state index < -0.39 is 12.2 Å². The van der Waals surface area contributed by atoms with Gasteiger partial charge in [-0.1, -0.05) is 90.4 Å². The van der Waals surface area contributed by atoms with Crippen LogP contribution in [0.25, 0.3) is 0 Å². The van der Waals surface area contributed by atoms with Crippen molar-refractivity contribution in [1.82, 2.24) is 0 Å². The lowest BCUT2D eigenvalue weighted by atomic mass is 9.99. The minimum absolute atomic E-state index is 0.0170. The van der Waals surface area contributed by atoms with Crippen molar-refractivity contribution in [2.24, 2.45) is 0 Å². The second-order valence-corrected chi connectivity index (χ2v) is 14.0. The molecule has 0 amide bonds. The van der Waals surface area contributed by atoms with Crippen molar-refractivity contribution >= 4 is 5.97 Å². The zero-order chi connectivity index (χ0) is 31.6. The van der Waals surface area contributed by atoms with E-state index in [1.54, 1.807) is 0 Å². The molecule has 3 aliphatic rings. The molecule has 3 N–H and O–H groups in total. The number of aliphatic hydroxyl groups excluding tert-OH is 3. The fraction of sp³-hybridized carbons (Fsp3) is 0.919. The number of carbonyl (C=O) groups excluding carboxylic acids is 1. The van der Waals surface area contributed by atoms with E-state index in [1.807, 2.05) is 13.0 Å². The molecule has 256 valence electrons. The molecule has 0 aromatic heterocycles. The zero-order valence-corrected chi connectivity index (χ0v) is 28.1. The maximum Gasteiger partial charge on any atom is 0.334 e. The van der Waals surface area contributed by atoms with Crippen molar-refractivity contribution in [2.45, 2.75) is 217 Å². The van der Waals surface area contributed by atoms with E-state index in [-0.39, 0.29) is 42.6 Å². The van der Waals surface area contributed by atoms with Crippen LogP contribution in [-0.2, 0) is 19.0 Å². The van der Waals surface area contributed by atoms with Crippen molar-refractivity contribution in [2.75, 3.05) is 0 Å². The summed E-state index contributed by atoms with van der Waals surface area (Å²) in [7, 11) is 0. The summed E-state index contributed by atoms with van der Waals surface area (Å²) in [4.78, 5) is 11.6. The van der Waals surface area contributed by atoms with Gasteiger partial charge < -0.3 is 29.5 Å². The first-order valence-electron chi connectivity index (χ1n) is 18.6. The molecule has 2 saturated heterocycles. The van der Waals surface area contributed by atoms with Crippen LogP contribution in [0.3, 0.4) is 0 Å². The number of hydrogen-bond donors (Lipinski definition) is 3. The monoisotopic (exact) mass is 622 g/mol. The molecule has 0 saturated carbocycles. The molecule has 0 aromatic rings. The Hall–Kier alpha value is -0.990. The largest absolute Gasteiger partial charge is 0.455 e. The minimum Gasteiger partial charge on any atom is -0.455 e. The summed E-state index contributed by atoms with van der Waals surface area (Å²) in [5, 5.41) is 31.6. The lowest BCUT2D eigenvalue weighted by molar-refractivity contribution is -0.139. The second kappa shape index (κ2) is 21.7. The standard InChI is InChI=1S/C37H66O7/c1-3-4-5-15-19-30(38)20-17-22-32(40)34-24-26-36(44-34)35-25-23-33(43-35)31(39)21-16-13-11-9-7-6-8-10-12-14-18-29-27-28(2)42-37(29)41/h27-28,30-36,38-40H,3-26H2,1-2H3/t28-,30-,31-,32+,33-,34+,35+,36-/m1/s1. The van der Waals surface area contributed by atoms with Crippen molar-refractivity contribution in [1.29, 1.82) is 0 Å². The summed E-state index contributed by atoms with van der Waals surface area (Å²) in [6.45, 7) is 4.11. The number of aliphatic hydroxyl groups is 3. The first-order valence-corrected chi connectivity index (χ1v) is 18.6. The number of carbonyl (C=O) groups is 1. The number of rotatable bonds is 25. The Kier molecular flexibility index (Phi) is 18.5. The fourth-order valence-corrected chi connectivity index (χ4v) is 7.28. The lowest BCUT2D eigenvalue weighted by Crippen LogP contribution is -2.33. The summed E-state index contributed by atoms with van der Waals surface area (Å²) >= 11 is 0. The molecule has 0 aromatic carbocycles. The fourth-order valence-electron chi connectivity index (χ4n) is 7.28. The highest BCUT2D eigenvalue weighted by atomic mass is 16.6. The zero-order valence-electron chi connectivity index (χ0n) is 28.1. The highest BCUT2D eigenvalue weighted by Crippen LogP contribution is 2.34. The van der Waals surface area contributed by atoms with Gasteiger partial charge in [-0.3, -0.25) is 0 Å². The summed E-state index contributed by atoms with van der Waals surface area (Å²) in [5.74, 6) is -0.123. The van der Waals surface area contributed by atoms with Gasteiger partial charge >= 0.3 is 5.97 Å². The van der Waals surface area contributed by atoms with Crippen LogP contribution in [0, 0.1) is 0 Å². The molecule has 3 aliphatic heterocycles. The van der Waals surface area contributed by atoms with Gasteiger partial charge in [0.1, 0.15) is 6.10 Å². The van der Waals surface area contributed by atoms with Crippen molar-refractivity contribution in [3.05, 3.63) is 11.6 Å². The molecule has 44 heavy (non-hydrogen) atoms. The number of cyclic esters (lactones) is 1. The van der Waals surface area contributed by atoms with Crippen molar-refractivity contribution < 1.29 is 34.3 Å². The molecule has 3 rings (SSSR count). The maximum absolute atomic E-state index is 11.6. The maximum atomic E-state index is 11.6. The molecule has 3 heterocycles. The summed E-state index contributed by atoms with van der Waals surface area (Å²) in [5.41, 5.74) is 0.863. The van der Waals surface area contributed by atoms with Gasteiger partial charge in [0.15, 0.2) is 0 Å². The Morgan fingerprint density at radius 2 is 1.14 bits per heavy atom.